The lowest BCUT2D eigenvalue weighted by molar-refractivity contribution is 0.223. The molecule has 0 aliphatic carbocycles. The molecule has 0 N–H and O–H groups in total. The third-order valence-electron chi connectivity index (χ3n) is 3.26. The molecule has 0 saturated carbocycles. The van der Waals surface area contributed by atoms with E-state index < -0.39 is 0 Å². The molecule has 3 heteroatoms. The van der Waals surface area contributed by atoms with Crippen molar-refractivity contribution in [1.82, 2.24) is 4.90 Å². The van der Waals surface area contributed by atoms with Crippen molar-refractivity contribution in [3.63, 3.8) is 0 Å². The van der Waals surface area contributed by atoms with Crippen molar-refractivity contribution >= 4 is 24.0 Å². The number of halogens is 2. The number of benzene rings is 1. The van der Waals surface area contributed by atoms with Gasteiger partial charge in [-0.05, 0) is 37.4 Å². The molecule has 0 spiro atoms. The van der Waals surface area contributed by atoms with Crippen molar-refractivity contribution in [3.05, 3.63) is 35.9 Å². The molecule has 0 aromatic heterocycles. The van der Waals surface area contributed by atoms with Gasteiger partial charge in [-0.15, -0.1) is 24.0 Å². The quantitative estimate of drug-likeness (QED) is 0.751. The van der Waals surface area contributed by atoms with Crippen LogP contribution in [0.3, 0.4) is 0 Å². The van der Waals surface area contributed by atoms with Crippen LogP contribution in [0.1, 0.15) is 24.3 Å². The van der Waals surface area contributed by atoms with Gasteiger partial charge < -0.3 is 4.90 Å². The van der Waals surface area contributed by atoms with Gasteiger partial charge >= 0.3 is 0 Å². The van der Waals surface area contributed by atoms with Crippen LogP contribution in [0.4, 0.5) is 0 Å². The van der Waals surface area contributed by atoms with E-state index in [2.05, 4.69) is 35.2 Å². The van der Waals surface area contributed by atoms with Gasteiger partial charge in [-0.25, -0.2) is 0 Å². The molecule has 0 atom stereocenters. The number of piperidine rings is 1. The standard InChI is InChI=1S/C13H18ClN.ClH/c14-8-11-15-9-6-13(7-10-15)12-4-2-1-3-5-12;/h1-5,13H,6-11H2;1H. The van der Waals surface area contributed by atoms with E-state index >= 15 is 0 Å². The van der Waals surface area contributed by atoms with Crippen molar-refractivity contribution < 1.29 is 0 Å². The van der Waals surface area contributed by atoms with E-state index in [1.54, 1.807) is 0 Å². The second kappa shape index (κ2) is 7.16. The van der Waals surface area contributed by atoms with Crippen LogP contribution in [0.2, 0.25) is 0 Å². The molecule has 1 aliphatic heterocycles. The molecule has 1 fully saturated rings. The Morgan fingerprint density at radius 3 is 2.31 bits per heavy atom. The molecule has 2 rings (SSSR count). The highest BCUT2D eigenvalue weighted by atomic mass is 35.5. The number of hydrogen-bond donors (Lipinski definition) is 0. The smallest absolute Gasteiger partial charge is 0.0351 e. The molecule has 1 aliphatic rings. The molecular formula is C13H19Cl2N. The van der Waals surface area contributed by atoms with Crippen molar-refractivity contribution in [2.24, 2.45) is 0 Å². The second-order valence-electron chi connectivity index (χ2n) is 4.22. The molecule has 1 aromatic rings. The highest BCUT2D eigenvalue weighted by molar-refractivity contribution is 6.18. The van der Waals surface area contributed by atoms with Crippen molar-refractivity contribution in [2.45, 2.75) is 18.8 Å². The predicted octanol–water partition coefficient (Wildman–Crippen LogP) is 3.53. The Bertz CT molecular complexity index is 281. The summed E-state index contributed by atoms with van der Waals surface area (Å²) in [6, 6.07) is 10.9. The van der Waals surface area contributed by atoms with E-state index in [1.807, 2.05) is 0 Å². The molecule has 0 amide bonds. The van der Waals surface area contributed by atoms with Gasteiger partial charge in [0.1, 0.15) is 0 Å². The number of nitrogens with zero attached hydrogens (tertiary/aromatic N) is 1. The van der Waals surface area contributed by atoms with Crippen LogP contribution in [0, 0.1) is 0 Å². The number of hydrogen-bond acceptors (Lipinski definition) is 1. The van der Waals surface area contributed by atoms with E-state index in [0.29, 0.717) is 0 Å². The normalized spacial score (nSPS) is 18.1. The largest absolute Gasteiger partial charge is 0.302 e. The maximum absolute atomic E-state index is 5.75. The lowest BCUT2D eigenvalue weighted by Crippen LogP contribution is -2.34. The van der Waals surface area contributed by atoms with Crippen LogP contribution in [0.25, 0.3) is 0 Å². The Morgan fingerprint density at radius 1 is 1.12 bits per heavy atom. The van der Waals surface area contributed by atoms with Gasteiger partial charge in [-0.1, -0.05) is 30.3 Å². The minimum absolute atomic E-state index is 0. The van der Waals surface area contributed by atoms with Crippen LogP contribution in [-0.2, 0) is 0 Å². The molecule has 0 bridgehead atoms. The van der Waals surface area contributed by atoms with E-state index in [0.717, 1.165) is 18.3 Å². The van der Waals surface area contributed by atoms with Gasteiger partial charge in [-0.2, -0.15) is 0 Å². The SMILES string of the molecule is Cl.ClCCN1CCC(c2ccccc2)CC1. The molecular weight excluding hydrogens is 241 g/mol. The Hall–Kier alpha value is -0.240. The van der Waals surface area contributed by atoms with Gasteiger partial charge in [0.25, 0.3) is 0 Å². The first-order chi connectivity index (χ1) is 7.40. The minimum atomic E-state index is 0. The minimum Gasteiger partial charge on any atom is -0.302 e. The van der Waals surface area contributed by atoms with Gasteiger partial charge in [0.15, 0.2) is 0 Å². The molecule has 90 valence electrons. The molecule has 1 nitrogen and oxygen atoms in total. The summed E-state index contributed by atoms with van der Waals surface area (Å²) in [5.74, 6) is 1.52. The fourth-order valence-electron chi connectivity index (χ4n) is 2.33. The van der Waals surface area contributed by atoms with Crippen LogP contribution < -0.4 is 0 Å². The zero-order chi connectivity index (χ0) is 10.5. The summed E-state index contributed by atoms with van der Waals surface area (Å²) in [6.45, 7) is 3.45. The summed E-state index contributed by atoms with van der Waals surface area (Å²) in [5.41, 5.74) is 1.50. The molecule has 1 aromatic carbocycles. The second-order valence-corrected chi connectivity index (χ2v) is 4.59. The summed E-state index contributed by atoms with van der Waals surface area (Å²) >= 11 is 5.75. The molecule has 0 unspecified atom stereocenters. The third kappa shape index (κ3) is 3.65. The average molecular weight is 260 g/mol. The number of alkyl halides is 1. The molecule has 0 radical (unpaired) electrons. The lowest BCUT2D eigenvalue weighted by Gasteiger charge is -2.31. The predicted molar refractivity (Wildman–Crippen MR) is 72.8 cm³/mol. The zero-order valence-corrected chi connectivity index (χ0v) is 11.0. The highest BCUT2D eigenvalue weighted by Gasteiger charge is 2.19. The summed E-state index contributed by atoms with van der Waals surface area (Å²) < 4.78 is 0. The summed E-state index contributed by atoms with van der Waals surface area (Å²) in [7, 11) is 0. The van der Waals surface area contributed by atoms with Crippen LogP contribution in [0.5, 0.6) is 0 Å². The van der Waals surface area contributed by atoms with Crippen LogP contribution in [-0.4, -0.2) is 30.4 Å². The molecule has 1 saturated heterocycles. The summed E-state index contributed by atoms with van der Waals surface area (Å²) in [6.07, 6.45) is 2.56. The Balaban J connectivity index is 0.00000128. The third-order valence-corrected chi connectivity index (χ3v) is 3.43. The van der Waals surface area contributed by atoms with Crippen molar-refractivity contribution in [1.29, 1.82) is 0 Å². The average Bonchev–Trinajstić information content (AvgIpc) is 2.32. The van der Waals surface area contributed by atoms with Gasteiger partial charge in [0, 0.05) is 12.4 Å². The number of likely N-dealkylation sites (tertiary alicyclic amines) is 1. The molecule has 16 heavy (non-hydrogen) atoms. The topological polar surface area (TPSA) is 3.24 Å². The van der Waals surface area contributed by atoms with Crippen molar-refractivity contribution in [2.75, 3.05) is 25.5 Å². The lowest BCUT2D eigenvalue weighted by atomic mass is 9.89. The zero-order valence-electron chi connectivity index (χ0n) is 9.44. The van der Waals surface area contributed by atoms with E-state index in [4.69, 9.17) is 11.6 Å². The highest BCUT2D eigenvalue weighted by Crippen LogP contribution is 2.27. The fourth-order valence-corrected chi connectivity index (χ4v) is 2.57. The van der Waals surface area contributed by atoms with E-state index in [1.165, 1.54) is 31.5 Å². The fraction of sp³-hybridized carbons (Fsp3) is 0.538. The van der Waals surface area contributed by atoms with Crippen LogP contribution in [0.15, 0.2) is 30.3 Å². The van der Waals surface area contributed by atoms with Gasteiger partial charge in [-0.3, -0.25) is 0 Å². The Morgan fingerprint density at radius 2 is 1.75 bits per heavy atom. The molecule has 1 heterocycles. The van der Waals surface area contributed by atoms with Gasteiger partial charge in [0.05, 0.1) is 0 Å². The van der Waals surface area contributed by atoms with Crippen LogP contribution >= 0.6 is 24.0 Å². The first kappa shape index (κ1) is 13.8. The monoisotopic (exact) mass is 259 g/mol. The van der Waals surface area contributed by atoms with Crippen molar-refractivity contribution in [3.8, 4) is 0 Å². The first-order valence-corrected chi connectivity index (χ1v) is 6.27. The maximum atomic E-state index is 5.75. The van der Waals surface area contributed by atoms with E-state index in [-0.39, 0.29) is 12.4 Å². The van der Waals surface area contributed by atoms with Gasteiger partial charge in [0.2, 0.25) is 0 Å². The van der Waals surface area contributed by atoms with E-state index in [9.17, 15) is 0 Å². The number of rotatable bonds is 3. The summed E-state index contributed by atoms with van der Waals surface area (Å²) in [5, 5.41) is 0. The summed E-state index contributed by atoms with van der Waals surface area (Å²) in [4.78, 5) is 2.46. The Labute approximate surface area is 109 Å². The Kier molecular flexibility index (Phi) is 6.18. The maximum Gasteiger partial charge on any atom is 0.0351 e. The first-order valence-electron chi connectivity index (χ1n) is 5.73.